The summed E-state index contributed by atoms with van der Waals surface area (Å²) >= 11 is 8.64. The number of hydrogen-bond acceptors (Lipinski definition) is 6. The van der Waals surface area contributed by atoms with Gasteiger partial charge in [0, 0.05) is 25.6 Å². The number of nitrogens with one attached hydrogen (secondary N) is 1. The van der Waals surface area contributed by atoms with E-state index in [2.05, 4.69) is 33.0 Å². The summed E-state index contributed by atoms with van der Waals surface area (Å²) in [5, 5.41) is 12.4. The van der Waals surface area contributed by atoms with Crippen LogP contribution in [-0.2, 0) is 14.4 Å². The summed E-state index contributed by atoms with van der Waals surface area (Å²) in [5.41, 5.74) is -1.59. The van der Waals surface area contributed by atoms with Gasteiger partial charge < -0.3 is 15.3 Å². The van der Waals surface area contributed by atoms with E-state index in [0.29, 0.717) is 3.53 Å². The van der Waals surface area contributed by atoms with Gasteiger partial charge >= 0.3 is 5.97 Å². The first-order valence-corrected chi connectivity index (χ1v) is 18.2. The van der Waals surface area contributed by atoms with E-state index in [1.807, 2.05) is 13.8 Å². The van der Waals surface area contributed by atoms with Gasteiger partial charge in [0.25, 0.3) is 0 Å². The van der Waals surface area contributed by atoms with Gasteiger partial charge in [0.2, 0.25) is 11.8 Å². The van der Waals surface area contributed by atoms with Crippen LogP contribution < -0.4 is 5.32 Å². The molecule has 246 valence electrons. The molecule has 2 unspecified atom stereocenters. The Hall–Kier alpha value is -0.800. The monoisotopic (exact) mass is 646 g/mol. The summed E-state index contributed by atoms with van der Waals surface area (Å²) < 4.78 is 0.704. The fourth-order valence-corrected chi connectivity index (χ4v) is 8.29. The zero-order chi connectivity index (χ0) is 32.6. The van der Waals surface area contributed by atoms with Gasteiger partial charge in [-0.3, -0.25) is 14.4 Å². The molecule has 0 aromatic rings. The van der Waals surface area contributed by atoms with Crippen molar-refractivity contribution in [1.82, 2.24) is 10.2 Å². The Bertz CT molecular complexity index is 838. The third-order valence-electron chi connectivity index (χ3n) is 7.31. The van der Waals surface area contributed by atoms with E-state index in [1.54, 1.807) is 39.7 Å². The van der Waals surface area contributed by atoms with Crippen LogP contribution in [0.1, 0.15) is 139 Å². The lowest BCUT2D eigenvalue weighted by Crippen LogP contribution is -2.49. The number of nitrogens with zero attached hydrogens (tertiary/aromatic N) is 1. The molecule has 6 nitrogen and oxygen atoms in total. The Morgan fingerprint density at radius 3 is 1.81 bits per heavy atom. The van der Waals surface area contributed by atoms with Crippen molar-refractivity contribution >= 4 is 57.1 Å². The van der Waals surface area contributed by atoms with Crippen molar-refractivity contribution < 1.29 is 19.5 Å². The minimum atomic E-state index is -1.11. The van der Waals surface area contributed by atoms with E-state index in [4.69, 9.17) is 12.2 Å². The van der Waals surface area contributed by atoms with Crippen LogP contribution in [-0.4, -0.2) is 62.0 Å². The Morgan fingerprint density at radius 1 is 0.857 bits per heavy atom. The summed E-state index contributed by atoms with van der Waals surface area (Å²) in [4.78, 5) is 40.5. The highest BCUT2D eigenvalue weighted by molar-refractivity contribution is 8.47. The fraction of sp³-hybridized carbons (Fsp3) is 0.879. The van der Waals surface area contributed by atoms with Gasteiger partial charge in [0.05, 0.1) is 10.7 Å². The number of carbonyl (C=O) groups excluding carboxylic acids is 2. The molecule has 0 aromatic carbocycles. The molecule has 0 aliphatic carbocycles. The number of thioether (sulfide) groups is 2. The predicted molar refractivity (Wildman–Crippen MR) is 187 cm³/mol. The molecule has 0 saturated carbocycles. The van der Waals surface area contributed by atoms with Crippen molar-refractivity contribution in [3.05, 3.63) is 0 Å². The highest BCUT2D eigenvalue weighted by Crippen LogP contribution is 2.35. The Kier molecular flexibility index (Phi) is 19.9. The number of carboxylic acids is 1. The maximum absolute atomic E-state index is 13.7. The zero-order valence-corrected chi connectivity index (χ0v) is 30.8. The van der Waals surface area contributed by atoms with Gasteiger partial charge in [-0.2, -0.15) is 0 Å². The number of amides is 2. The lowest BCUT2D eigenvalue weighted by Gasteiger charge is -2.36. The highest BCUT2D eigenvalue weighted by Gasteiger charge is 2.39. The highest BCUT2D eigenvalue weighted by atomic mass is 32.2. The molecule has 2 amide bonds. The van der Waals surface area contributed by atoms with Crippen molar-refractivity contribution in [3.8, 4) is 0 Å². The van der Waals surface area contributed by atoms with Crippen molar-refractivity contribution in [1.29, 1.82) is 0 Å². The van der Waals surface area contributed by atoms with Crippen molar-refractivity contribution in [2.75, 3.05) is 19.8 Å². The van der Waals surface area contributed by atoms with E-state index in [9.17, 15) is 19.5 Å². The summed E-state index contributed by atoms with van der Waals surface area (Å²) in [6.45, 7) is 15.9. The fourth-order valence-electron chi connectivity index (χ4n) is 5.43. The second kappa shape index (κ2) is 20.3. The van der Waals surface area contributed by atoms with Crippen LogP contribution in [0.2, 0.25) is 0 Å². The van der Waals surface area contributed by atoms with Crippen LogP contribution >= 0.6 is 35.7 Å². The molecule has 0 heterocycles. The van der Waals surface area contributed by atoms with Crippen LogP contribution in [0.4, 0.5) is 0 Å². The van der Waals surface area contributed by atoms with Gasteiger partial charge in [0.1, 0.15) is 3.53 Å². The van der Waals surface area contributed by atoms with Crippen LogP contribution in [0.3, 0.4) is 0 Å². The first-order valence-electron chi connectivity index (χ1n) is 15.9. The number of carboxylic acid groups (broad SMARTS) is 1. The smallest absolute Gasteiger partial charge is 0.309 e. The molecule has 42 heavy (non-hydrogen) atoms. The molecule has 0 aromatic heterocycles. The van der Waals surface area contributed by atoms with Crippen LogP contribution in [0.15, 0.2) is 0 Å². The van der Waals surface area contributed by atoms with Gasteiger partial charge in [-0.05, 0) is 64.5 Å². The number of unbranched alkanes of at least 4 members (excludes halogenated alkanes) is 9. The standard InChI is InChI=1S/C33H62N2O4S3/c1-11-12-13-14-15-16-17-18-19-20-21-41-30(40)42-26(28(37)35(9)10)22-25(23-32(5,6)29(38)39)27(36)34-33(7,8)24-31(2,3)4/h25-26H,11-24H2,1-10H3,(H,34,36)(H,38,39). The number of aliphatic carboxylic acids is 1. The van der Waals surface area contributed by atoms with E-state index in [-0.39, 0.29) is 30.1 Å². The molecular weight excluding hydrogens is 585 g/mol. The number of rotatable bonds is 21. The lowest BCUT2D eigenvalue weighted by atomic mass is 9.78. The number of thiocarbonyl (C=S) groups is 1. The van der Waals surface area contributed by atoms with Crippen molar-refractivity contribution in [3.63, 3.8) is 0 Å². The average Bonchev–Trinajstić information content (AvgIpc) is 2.83. The van der Waals surface area contributed by atoms with E-state index < -0.39 is 28.1 Å². The van der Waals surface area contributed by atoms with E-state index >= 15 is 0 Å². The molecule has 0 fully saturated rings. The predicted octanol–water partition coefficient (Wildman–Crippen LogP) is 8.95. The number of hydrogen-bond donors (Lipinski definition) is 2. The summed E-state index contributed by atoms with van der Waals surface area (Å²) in [7, 11) is 3.41. The third kappa shape index (κ3) is 19.5. The first-order chi connectivity index (χ1) is 19.3. The van der Waals surface area contributed by atoms with Crippen molar-refractivity contribution in [2.45, 2.75) is 150 Å². The maximum atomic E-state index is 13.7. The van der Waals surface area contributed by atoms with Crippen molar-refractivity contribution in [2.24, 2.45) is 16.7 Å². The molecule has 0 radical (unpaired) electrons. The summed E-state index contributed by atoms with van der Waals surface area (Å²) in [6, 6.07) is 0. The molecule has 0 bridgehead atoms. The second-order valence-corrected chi connectivity index (χ2v) is 18.1. The summed E-state index contributed by atoms with van der Waals surface area (Å²) in [6.07, 6.45) is 13.9. The van der Waals surface area contributed by atoms with E-state index in [0.717, 1.165) is 18.6 Å². The molecule has 0 aliphatic heterocycles. The van der Waals surface area contributed by atoms with Crippen LogP contribution in [0.25, 0.3) is 0 Å². The summed E-state index contributed by atoms with van der Waals surface area (Å²) in [5.74, 6) is -1.00. The number of carbonyl (C=O) groups is 3. The minimum absolute atomic E-state index is 0.00352. The SMILES string of the molecule is CCCCCCCCCCCCSC(=S)SC(CC(CC(C)(C)C(=O)O)C(=O)NC(C)(C)CC(C)(C)C)C(=O)N(C)C. The second-order valence-electron chi connectivity index (χ2n) is 14.6. The van der Waals surface area contributed by atoms with E-state index in [1.165, 1.54) is 74.4 Å². The van der Waals surface area contributed by atoms with Crippen LogP contribution in [0.5, 0.6) is 0 Å². The van der Waals surface area contributed by atoms with Gasteiger partial charge in [-0.1, -0.05) is 109 Å². The minimum Gasteiger partial charge on any atom is -0.481 e. The topological polar surface area (TPSA) is 86.7 Å². The van der Waals surface area contributed by atoms with Gasteiger partial charge in [0.15, 0.2) is 0 Å². The molecule has 0 spiro atoms. The van der Waals surface area contributed by atoms with Gasteiger partial charge in [-0.25, -0.2) is 0 Å². The van der Waals surface area contributed by atoms with Crippen LogP contribution in [0, 0.1) is 16.7 Å². The first kappa shape index (κ1) is 41.2. The molecule has 0 aliphatic rings. The molecule has 2 N–H and O–H groups in total. The molecule has 9 heteroatoms. The van der Waals surface area contributed by atoms with Gasteiger partial charge in [-0.15, -0.1) is 11.8 Å². The molecular formula is C33H62N2O4S3. The largest absolute Gasteiger partial charge is 0.481 e. The quantitative estimate of drug-likeness (QED) is 0.0951. The molecule has 0 rings (SSSR count). The molecule has 2 atom stereocenters. The Morgan fingerprint density at radius 2 is 1.36 bits per heavy atom. The Balaban J connectivity index is 5.28. The normalized spacial score (nSPS) is 13.9. The maximum Gasteiger partial charge on any atom is 0.309 e. The lowest BCUT2D eigenvalue weighted by molar-refractivity contribution is -0.148. The zero-order valence-electron chi connectivity index (χ0n) is 28.4. The molecule has 0 saturated heterocycles. The average molecular weight is 647 g/mol. The Labute approximate surface area is 272 Å². The third-order valence-corrected chi connectivity index (χ3v) is 10.2.